The highest BCUT2D eigenvalue weighted by Crippen LogP contribution is 2.31. The van der Waals surface area contributed by atoms with Crippen molar-refractivity contribution in [2.45, 2.75) is 20.4 Å². The van der Waals surface area contributed by atoms with Gasteiger partial charge in [-0.05, 0) is 56.3 Å². The highest BCUT2D eigenvalue weighted by molar-refractivity contribution is 5.83. The second kappa shape index (κ2) is 6.59. The van der Waals surface area contributed by atoms with E-state index in [1.165, 1.54) is 5.56 Å². The first-order valence-electron chi connectivity index (χ1n) is 7.18. The molecule has 0 heterocycles. The number of benzene rings is 2. The molecule has 0 aliphatic carbocycles. The van der Waals surface area contributed by atoms with E-state index in [0.29, 0.717) is 5.75 Å². The van der Waals surface area contributed by atoms with Gasteiger partial charge in [0, 0.05) is 12.1 Å². The van der Waals surface area contributed by atoms with E-state index in [4.69, 9.17) is 0 Å². The number of aromatic hydroxyl groups is 1. The van der Waals surface area contributed by atoms with Gasteiger partial charge in [-0.2, -0.15) is 0 Å². The number of hydrogen-bond acceptors (Lipinski definition) is 2. The van der Waals surface area contributed by atoms with E-state index < -0.39 is 0 Å². The number of rotatable bonds is 4. The van der Waals surface area contributed by atoms with Crippen LogP contribution in [0, 0.1) is 6.92 Å². The average molecular weight is 281 g/mol. The molecule has 0 aliphatic rings. The molecule has 0 aromatic heterocycles. The number of aryl methyl sites for hydroxylation is 1. The lowest BCUT2D eigenvalue weighted by Crippen LogP contribution is -2.11. The number of phenols is 1. The van der Waals surface area contributed by atoms with Gasteiger partial charge < -0.3 is 10.0 Å². The third kappa shape index (κ3) is 3.96. The Kier molecular flexibility index (Phi) is 4.81. The average Bonchev–Trinajstić information content (AvgIpc) is 2.43. The van der Waals surface area contributed by atoms with Gasteiger partial charge in [-0.1, -0.05) is 42.5 Å². The second-order valence-electron chi connectivity index (χ2n) is 5.78. The molecule has 0 radical (unpaired) electrons. The molecular formula is C19H23NO. The van der Waals surface area contributed by atoms with Crippen LogP contribution < -0.4 is 0 Å². The molecule has 0 spiro atoms. The fourth-order valence-corrected chi connectivity index (χ4v) is 2.49. The summed E-state index contributed by atoms with van der Waals surface area (Å²) >= 11 is 0. The van der Waals surface area contributed by atoms with Crippen LogP contribution in [0.1, 0.15) is 29.2 Å². The fraction of sp³-hybridized carbons (Fsp3) is 0.263. The highest BCUT2D eigenvalue weighted by Gasteiger charge is 2.09. The lowest BCUT2D eigenvalue weighted by Gasteiger charge is -2.14. The van der Waals surface area contributed by atoms with Crippen molar-refractivity contribution in [3.8, 4) is 5.75 Å². The zero-order chi connectivity index (χ0) is 15.4. The van der Waals surface area contributed by atoms with Gasteiger partial charge in [0.15, 0.2) is 0 Å². The molecule has 0 aliphatic heterocycles. The topological polar surface area (TPSA) is 23.5 Å². The van der Waals surface area contributed by atoms with Crippen LogP contribution >= 0.6 is 0 Å². The number of allylic oxidation sites excluding steroid dienone is 1. The van der Waals surface area contributed by atoms with Crippen LogP contribution in [-0.2, 0) is 6.54 Å². The van der Waals surface area contributed by atoms with Crippen molar-refractivity contribution in [3.05, 3.63) is 64.7 Å². The van der Waals surface area contributed by atoms with Crippen LogP contribution in [0.5, 0.6) is 5.75 Å². The molecule has 0 saturated carbocycles. The summed E-state index contributed by atoms with van der Waals surface area (Å²) in [7, 11) is 4.10. The summed E-state index contributed by atoms with van der Waals surface area (Å²) in [6, 6.07) is 14.3. The monoisotopic (exact) mass is 281 g/mol. The molecule has 2 heteroatoms. The predicted molar refractivity (Wildman–Crippen MR) is 90.2 cm³/mol. The molecule has 0 atom stereocenters. The number of phenolic OH excluding ortho intramolecular Hbond substituents is 1. The molecule has 0 fully saturated rings. The highest BCUT2D eigenvalue weighted by atomic mass is 16.3. The first kappa shape index (κ1) is 15.3. The molecular weight excluding hydrogens is 258 g/mol. The molecule has 2 aromatic carbocycles. The van der Waals surface area contributed by atoms with Gasteiger partial charge in [-0.15, -0.1) is 0 Å². The van der Waals surface area contributed by atoms with Crippen molar-refractivity contribution < 1.29 is 5.11 Å². The first-order valence-corrected chi connectivity index (χ1v) is 7.18. The van der Waals surface area contributed by atoms with E-state index in [-0.39, 0.29) is 0 Å². The van der Waals surface area contributed by atoms with Gasteiger partial charge in [0.25, 0.3) is 0 Å². The summed E-state index contributed by atoms with van der Waals surface area (Å²) in [6.07, 6.45) is 2.11. The van der Waals surface area contributed by atoms with Gasteiger partial charge in [0.2, 0.25) is 0 Å². The van der Waals surface area contributed by atoms with Crippen LogP contribution in [0.15, 0.2) is 42.5 Å². The zero-order valence-corrected chi connectivity index (χ0v) is 13.2. The smallest absolute Gasteiger partial charge is 0.125 e. The Bertz CT molecular complexity index is 642. The molecule has 0 saturated heterocycles. The van der Waals surface area contributed by atoms with E-state index in [9.17, 15) is 5.11 Å². The summed E-state index contributed by atoms with van der Waals surface area (Å²) in [5, 5.41) is 10.4. The Hall–Kier alpha value is -2.06. The van der Waals surface area contributed by atoms with E-state index in [2.05, 4.69) is 49.3 Å². The normalized spacial score (nSPS) is 12.0. The molecule has 2 nitrogen and oxygen atoms in total. The fourth-order valence-electron chi connectivity index (χ4n) is 2.49. The molecule has 0 amide bonds. The minimum atomic E-state index is 0.377. The molecule has 110 valence electrons. The molecule has 2 rings (SSSR count). The quantitative estimate of drug-likeness (QED) is 0.844. The van der Waals surface area contributed by atoms with Gasteiger partial charge in [-0.25, -0.2) is 0 Å². The van der Waals surface area contributed by atoms with Crippen LogP contribution in [0.25, 0.3) is 11.6 Å². The van der Waals surface area contributed by atoms with E-state index in [0.717, 1.165) is 28.8 Å². The van der Waals surface area contributed by atoms with Gasteiger partial charge in [-0.3, -0.25) is 0 Å². The van der Waals surface area contributed by atoms with Crippen molar-refractivity contribution in [2.24, 2.45) is 0 Å². The number of hydrogen-bond donors (Lipinski definition) is 1. The Balaban J connectivity index is 2.42. The minimum absolute atomic E-state index is 0.377. The third-order valence-corrected chi connectivity index (χ3v) is 3.47. The van der Waals surface area contributed by atoms with Crippen molar-refractivity contribution >= 4 is 11.6 Å². The second-order valence-corrected chi connectivity index (χ2v) is 5.78. The van der Waals surface area contributed by atoms with Crippen molar-refractivity contribution in [3.63, 3.8) is 0 Å². The lowest BCUT2D eigenvalue weighted by atomic mass is 9.98. The van der Waals surface area contributed by atoms with E-state index >= 15 is 0 Å². The first-order chi connectivity index (χ1) is 9.97. The maximum atomic E-state index is 10.4. The summed E-state index contributed by atoms with van der Waals surface area (Å²) in [5.74, 6) is 0.377. The lowest BCUT2D eigenvalue weighted by molar-refractivity contribution is 0.401. The van der Waals surface area contributed by atoms with E-state index in [1.807, 2.05) is 32.0 Å². The van der Waals surface area contributed by atoms with Crippen molar-refractivity contribution in [1.29, 1.82) is 0 Å². The Labute approximate surface area is 127 Å². The van der Waals surface area contributed by atoms with Crippen molar-refractivity contribution in [2.75, 3.05) is 14.1 Å². The van der Waals surface area contributed by atoms with Crippen LogP contribution in [0.2, 0.25) is 0 Å². The van der Waals surface area contributed by atoms with Gasteiger partial charge in [0.05, 0.1) is 0 Å². The SMILES string of the molecule is CC(=Cc1ccccc1)c1cc(CN(C)C)cc(C)c1O. The molecule has 0 bridgehead atoms. The Morgan fingerprint density at radius 2 is 1.81 bits per heavy atom. The summed E-state index contributed by atoms with van der Waals surface area (Å²) in [4.78, 5) is 2.13. The van der Waals surface area contributed by atoms with Crippen molar-refractivity contribution in [1.82, 2.24) is 4.90 Å². The summed E-state index contributed by atoms with van der Waals surface area (Å²) in [6.45, 7) is 4.86. The number of nitrogens with zero attached hydrogens (tertiary/aromatic N) is 1. The molecule has 2 aromatic rings. The van der Waals surface area contributed by atoms with Crippen LogP contribution in [-0.4, -0.2) is 24.1 Å². The zero-order valence-electron chi connectivity index (χ0n) is 13.2. The van der Waals surface area contributed by atoms with Gasteiger partial charge >= 0.3 is 0 Å². The van der Waals surface area contributed by atoms with Crippen LogP contribution in [0.3, 0.4) is 0 Å². The maximum absolute atomic E-state index is 10.4. The largest absolute Gasteiger partial charge is 0.507 e. The Morgan fingerprint density at radius 1 is 1.14 bits per heavy atom. The summed E-state index contributed by atoms with van der Waals surface area (Å²) in [5.41, 5.74) is 5.26. The van der Waals surface area contributed by atoms with E-state index in [1.54, 1.807) is 0 Å². The van der Waals surface area contributed by atoms with Crippen LogP contribution in [0.4, 0.5) is 0 Å². The predicted octanol–water partition coefficient (Wildman–Crippen LogP) is 4.32. The Morgan fingerprint density at radius 3 is 2.43 bits per heavy atom. The molecule has 1 N–H and O–H groups in total. The minimum Gasteiger partial charge on any atom is -0.507 e. The maximum Gasteiger partial charge on any atom is 0.125 e. The summed E-state index contributed by atoms with van der Waals surface area (Å²) < 4.78 is 0. The molecule has 21 heavy (non-hydrogen) atoms. The standard InChI is InChI=1S/C19H23NO/c1-14(10-16-8-6-5-7-9-16)18-12-17(13-20(3)4)11-15(2)19(18)21/h5-12,21H,13H2,1-4H3. The van der Waals surface area contributed by atoms with Gasteiger partial charge in [0.1, 0.15) is 5.75 Å². The third-order valence-electron chi connectivity index (χ3n) is 3.47. The molecule has 0 unspecified atom stereocenters.